The highest BCUT2D eigenvalue weighted by Gasteiger charge is 2.15. The third-order valence-electron chi connectivity index (χ3n) is 2.11. The molecule has 88 valence electrons. The minimum Gasteiger partial charge on any atom is -0.450 e. The van der Waals surface area contributed by atoms with Crippen LogP contribution in [0.2, 0.25) is 0 Å². The Kier molecular flexibility index (Phi) is 16.4. The maximum absolute atomic E-state index is 8.56. The van der Waals surface area contributed by atoms with Crippen LogP contribution in [-0.2, 0) is 0 Å². The fraction of sp³-hybridized carbons (Fsp3) is 0.889. The van der Waals surface area contributed by atoms with E-state index in [-0.39, 0.29) is 5.54 Å². The van der Waals surface area contributed by atoms with Crippen molar-refractivity contribution in [1.29, 1.82) is 0 Å². The van der Waals surface area contributed by atoms with Gasteiger partial charge in [0.15, 0.2) is 0 Å². The third kappa shape index (κ3) is 17.3. The zero-order chi connectivity index (χ0) is 12.2. The fourth-order valence-electron chi connectivity index (χ4n) is 0.750. The van der Waals surface area contributed by atoms with E-state index in [1.165, 1.54) is 0 Å². The van der Waals surface area contributed by atoms with E-state index in [0.717, 1.165) is 26.4 Å². The average molecular weight is 209 g/mol. The van der Waals surface area contributed by atoms with Gasteiger partial charge in [-0.25, -0.2) is 4.79 Å². The molecule has 0 aliphatic carbocycles. The van der Waals surface area contributed by atoms with E-state index >= 15 is 0 Å². The first-order chi connectivity index (χ1) is 6.41. The van der Waals surface area contributed by atoms with Crippen molar-refractivity contribution in [1.82, 2.24) is 0 Å². The van der Waals surface area contributed by atoms with E-state index in [4.69, 9.17) is 25.8 Å². The van der Waals surface area contributed by atoms with Crippen LogP contribution >= 0.6 is 0 Å². The van der Waals surface area contributed by atoms with Gasteiger partial charge in [0.1, 0.15) is 0 Å². The molecule has 0 heterocycles. The largest absolute Gasteiger partial charge is 0.503 e. The number of nitrogens with two attached hydrogens (primary N) is 1. The van der Waals surface area contributed by atoms with Gasteiger partial charge < -0.3 is 21.1 Å². The summed E-state index contributed by atoms with van der Waals surface area (Å²) in [5.74, 6) is 0. The first-order valence-electron chi connectivity index (χ1n) is 4.57. The topological polar surface area (TPSA) is 104 Å². The molecule has 0 rings (SSSR count). The summed E-state index contributed by atoms with van der Waals surface area (Å²) in [6.45, 7) is 6.44. The van der Waals surface area contributed by atoms with Gasteiger partial charge in [-0.05, 0) is 19.3 Å². The van der Waals surface area contributed by atoms with Crippen molar-refractivity contribution in [3.8, 4) is 0 Å². The second kappa shape index (κ2) is 12.2. The Hall–Kier alpha value is -0.810. The van der Waals surface area contributed by atoms with Crippen LogP contribution in [0.4, 0.5) is 4.79 Å². The minimum atomic E-state index is -1.83. The predicted octanol–water partition coefficient (Wildman–Crippen LogP) is 1.74. The molecule has 0 aromatic heterocycles. The quantitative estimate of drug-likeness (QED) is 0.567. The van der Waals surface area contributed by atoms with Crippen molar-refractivity contribution in [2.24, 2.45) is 5.73 Å². The summed E-state index contributed by atoms with van der Waals surface area (Å²) < 4.78 is 0. The normalized spacial score (nSPS) is 9.00. The minimum absolute atomic E-state index is 0.125. The molecule has 0 aromatic carbocycles. The van der Waals surface area contributed by atoms with E-state index < -0.39 is 6.16 Å². The molecule has 0 bridgehead atoms. The number of aliphatic hydroxyl groups excluding tert-OH is 1. The molecule has 0 aliphatic rings. The molecule has 0 spiro atoms. The van der Waals surface area contributed by atoms with Crippen LogP contribution in [0.3, 0.4) is 0 Å². The first kappa shape index (κ1) is 18.9. The number of hydrogen-bond acceptors (Lipinski definition) is 3. The Morgan fingerprint density at radius 3 is 1.21 bits per heavy atom. The van der Waals surface area contributed by atoms with E-state index in [0.29, 0.717) is 0 Å². The maximum Gasteiger partial charge on any atom is 0.503 e. The molecule has 0 atom stereocenters. The molecule has 0 fully saturated rings. The molecule has 0 unspecified atom stereocenters. The summed E-state index contributed by atoms with van der Waals surface area (Å²) in [6, 6.07) is 0. The molecule has 0 saturated carbocycles. The number of hydrogen-bond donors (Lipinski definition) is 4. The van der Waals surface area contributed by atoms with Gasteiger partial charge in [-0.2, -0.15) is 0 Å². The fourth-order valence-corrected chi connectivity index (χ4v) is 0.750. The number of carboxylic acid groups (broad SMARTS) is 2. The summed E-state index contributed by atoms with van der Waals surface area (Å²) in [5.41, 5.74) is 6.02. The highest BCUT2D eigenvalue weighted by atomic mass is 16.6. The van der Waals surface area contributed by atoms with Gasteiger partial charge in [-0.1, -0.05) is 20.8 Å². The van der Waals surface area contributed by atoms with Crippen LogP contribution in [0.1, 0.15) is 40.0 Å². The molecule has 0 radical (unpaired) electrons. The van der Waals surface area contributed by atoms with E-state index in [1.807, 2.05) is 0 Å². The Morgan fingerprint density at radius 1 is 1.07 bits per heavy atom. The lowest BCUT2D eigenvalue weighted by Crippen LogP contribution is -2.37. The van der Waals surface area contributed by atoms with Crippen molar-refractivity contribution in [3.05, 3.63) is 0 Å². The first-order valence-corrected chi connectivity index (χ1v) is 4.57. The van der Waals surface area contributed by atoms with Crippen molar-refractivity contribution >= 4 is 6.16 Å². The van der Waals surface area contributed by atoms with Gasteiger partial charge in [0, 0.05) is 12.6 Å². The van der Waals surface area contributed by atoms with Gasteiger partial charge in [0.2, 0.25) is 0 Å². The average Bonchev–Trinajstić information content (AvgIpc) is 2.19. The lowest BCUT2D eigenvalue weighted by atomic mass is 9.92. The summed E-state index contributed by atoms with van der Waals surface area (Å²) in [6.07, 6.45) is 1.46. The molecule has 14 heavy (non-hydrogen) atoms. The zero-order valence-electron chi connectivity index (χ0n) is 9.45. The summed E-state index contributed by atoms with van der Waals surface area (Å²) >= 11 is 0. The molecular formula is C9H23NO4. The molecule has 0 saturated heterocycles. The predicted molar refractivity (Wildman–Crippen MR) is 56.6 cm³/mol. The van der Waals surface area contributed by atoms with E-state index in [9.17, 15) is 0 Å². The van der Waals surface area contributed by atoms with E-state index in [2.05, 4.69) is 20.8 Å². The van der Waals surface area contributed by atoms with E-state index in [1.54, 1.807) is 0 Å². The smallest absolute Gasteiger partial charge is 0.450 e. The lowest BCUT2D eigenvalue weighted by molar-refractivity contribution is 0.137. The van der Waals surface area contributed by atoms with Gasteiger partial charge >= 0.3 is 6.16 Å². The standard InChI is InChI=1S/C7H17N.CH2O3.CH4O/c1-4-7(8,5-2)6-3;2-1(3)4;1-2/h4-6,8H2,1-3H3;(H2,2,3,4);2H,1H3. The SMILES string of the molecule is CCC(N)(CC)CC.CO.O=C(O)O. The highest BCUT2D eigenvalue weighted by Crippen LogP contribution is 2.14. The van der Waals surface area contributed by atoms with Gasteiger partial charge in [-0.3, -0.25) is 0 Å². The van der Waals surface area contributed by atoms with Gasteiger partial charge in [-0.15, -0.1) is 0 Å². The summed E-state index contributed by atoms with van der Waals surface area (Å²) in [5, 5.41) is 20.9. The van der Waals surface area contributed by atoms with Gasteiger partial charge in [0.05, 0.1) is 0 Å². The lowest BCUT2D eigenvalue weighted by Gasteiger charge is -2.23. The molecule has 0 aliphatic heterocycles. The summed E-state index contributed by atoms with van der Waals surface area (Å²) in [4.78, 5) is 8.56. The Bertz CT molecular complexity index is 112. The second-order valence-corrected chi connectivity index (χ2v) is 2.71. The Balaban J connectivity index is -0.000000170. The van der Waals surface area contributed by atoms with Gasteiger partial charge in [0.25, 0.3) is 0 Å². The molecule has 5 N–H and O–H groups in total. The van der Waals surface area contributed by atoms with Crippen molar-refractivity contribution in [2.45, 2.75) is 45.6 Å². The molecule has 5 nitrogen and oxygen atoms in total. The second-order valence-electron chi connectivity index (χ2n) is 2.71. The van der Waals surface area contributed by atoms with Crippen LogP contribution in [0.25, 0.3) is 0 Å². The number of aliphatic hydroxyl groups is 1. The number of rotatable bonds is 3. The summed E-state index contributed by atoms with van der Waals surface area (Å²) in [7, 11) is 1.00. The number of carbonyl (C=O) groups is 1. The van der Waals surface area contributed by atoms with Crippen LogP contribution in [0, 0.1) is 0 Å². The maximum atomic E-state index is 8.56. The molecule has 0 aromatic rings. The van der Waals surface area contributed by atoms with Crippen LogP contribution < -0.4 is 5.73 Å². The third-order valence-corrected chi connectivity index (χ3v) is 2.11. The molecule has 0 amide bonds. The Morgan fingerprint density at radius 2 is 1.21 bits per heavy atom. The molecule has 5 heteroatoms. The van der Waals surface area contributed by atoms with Crippen LogP contribution in [-0.4, -0.2) is 34.1 Å². The Labute approximate surface area is 85.6 Å². The molecular weight excluding hydrogens is 186 g/mol. The van der Waals surface area contributed by atoms with Crippen molar-refractivity contribution in [2.75, 3.05) is 7.11 Å². The highest BCUT2D eigenvalue weighted by molar-refractivity contribution is 5.53. The van der Waals surface area contributed by atoms with Crippen LogP contribution in [0.5, 0.6) is 0 Å². The zero-order valence-corrected chi connectivity index (χ0v) is 9.45. The van der Waals surface area contributed by atoms with Crippen LogP contribution in [0.15, 0.2) is 0 Å². The monoisotopic (exact) mass is 209 g/mol. The van der Waals surface area contributed by atoms with Crippen molar-refractivity contribution < 1.29 is 20.1 Å². The van der Waals surface area contributed by atoms with Crippen molar-refractivity contribution in [3.63, 3.8) is 0 Å².